The second-order valence-electron chi connectivity index (χ2n) is 4.47. The lowest BCUT2D eigenvalue weighted by molar-refractivity contribution is -0.143. The number of nitrogens with one attached hydrogen (secondary N) is 1. The molecule has 0 atom stereocenters. The van der Waals surface area contributed by atoms with E-state index in [2.05, 4.69) is 10.3 Å². The molecule has 0 aliphatic heterocycles. The van der Waals surface area contributed by atoms with E-state index in [9.17, 15) is 4.79 Å². The van der Waals surface area contributed by atoms with Crippen molar-refractivity contribution in [3.63, 3.8) is 0 Å². The summed E-state index contributed by atoms with van der Waals surface area (Å²) in [5.41, 5.74) is 1.31. The number of carbonyl (C=O) groups is 1. The zero-order valence-electron chi connectivity index (χ0n) is 11.7. The number of carbonyl (C=O) groups excluding carboxylic acids is 1. The first-order valence-electron chi connectivity index (χ1n) is 7.08. The van der Waals surface area contributed by atoms with Gasteiger partial charge >= 0.3 is 5.97 Å². The molecule has 0 aliphatic carbocycles. The number of hydrogen-bond donors (Lipinski definition) is 1. The van der Waals surface area contributed by atoms with E-state index in [-0.39, 0.29) is 5.97 Å². The molecule has 1 aromatic rings. The minimum absolute atomic E-state index is 0.0758. The van der Waals surface area contributed by atoms with Crippen LogP contribution in [0.2, 0.25) is 0 Å². The van der Waals surface area contributed by atoms with Crippen molar-refractivity contribution in [3.05, 3.63) is 30.1 Å². The zero-order valence-corrected chi connectivity index (χ0v) is 11.7. The van der Waals surface area contributed by atoms with Gasteiger partial charge in [-0.25, -0.2) is 0 Å². The quantitative estimate of drug-likeness (QED) is 0.520. The number of rotatable bonds is 10. The third-order valence-electron chi connectivity index (χ3n) is 2.88. The highest BCUT2D eigenvalue weighted by Crippen LogP contribution is 2.01. The van der Waals surface area contributed by atoms with E-state index < -0.39 is 0 Å². The van der Waals surface area contributed by atoms with Gasteiger partial charge in [0.15, 0.2) is 0 Å². The van der Waals surface area contributed by atoms with Gasteiger partial charge in [-0.1, -0.05) is 6.42 Å². The predicted molar refractivity (Wildman–Crippen MR) is 75.9 cm³/mol. The van der Waals surface area contributed by atoms with Gasteiger partial charge in [-0.2, -0.15) is 0 Å². The van der Waals surface area contributed by atoms with Gasteiger partial charge in [-0.3, -0.25) is 9.78 Å². The van der Waals surface area contributed by atoms with E-state index >= 15 is 0 Å². The largest absolute Gasteiger partial charge is 0.466 e. The van der Waals surface area contributed by atoms with E-state index in [1.54, 1.807) is 0 Å². The van der Waals surface area contributed by atoms with Crippen LogP contribution in [0.5, 0.6) is 0 Å². The van der Waals surface area contributed by atoms with Crippen molar-refractivity contribution in [2.75, 3.05) is 19.7 Å². The Hall–Kier alpha value is -1.42. The molecule has 0 fully saturated rings. The molecule has 0 spiro atoms. The van der Waals surface area contributed by atoms with Gasteiger partial charge in [-0.05, 0) is 57.0 Å². The summed E-state index contributed by atoms with van der Waals surface area (Å²) in [6.07, 6.45) is 8.33. The number of nitrogens with zero attached hydrogens (tertiary/aromatic N) is 1. The lowest BCUT2D eigenvalue weighted by Gasteiger charge is -2.05. The number of hydrogen-bond acceptors (Lipinski definition) is 4. The van der Waals surface area contributed by atoms with Gasteiger partial charge in [0.05, 0.1) is 6.61 Å². The molecule has 0 bridgehead atoms. The molecule has 0 amide bonds. The van der Waals surface area contributed by atoms with E-state index in [4.69, 9.17) is 4.74 Å². The first kappa shape index (κ1) is 15.6. The monoisotopic (exact) mass is 264 g/mol. The number of unbranched alkanes of at least 4 members (excludes halogenated alkanes) is 2. The maximum atomic E-state index is 11.1. The lowest BCUT2D eigenvalue weighted by Crippen LogP contribution is -2.18. The molecule has 0 radical (unpaired) electrons. The van der Waals surface area contributed by atoms with Crippen molar-refractivity contribution in [2.45, 2.75) is 39.0 Å². The average molecular weight is 264 g/mol. The van der Waals surface area contributed by atoms with Gasteiger partial charge in [0.1, 0.15) is 0 Å². The molecular weight excluding hydrogens is 240 g/mol. The molecule has 4 nitrogen and oxygen atoms in total. The predicted octanol–water partition coefficient (Wildman–Crippen LogP) is 2.34. The molecule has 0 unspecified atom stereocenters. The summed E-state index contributed by atoms with van der Waals surface area (Å²) in [7, 11) is 0. The molecular formula is C15H24N2O2. The molecule has 1 N–H and O–H groups in total. The smallest absolute Gasteiger partial charge is 0.305 e. The van der Waals surface area contributed by atoms with Gasteiger partial charge in [0.25, 0.3) is 0 Å². The Morgan fingerprint density at radius 3 is 2.74 bits per heavy atom. The van der Waals surface area contributed by atoms with Crippen LogP contribution >= 0.6 is 0 Å². The second kappa shape index (κ2) is 10.5. The van der Waals surface area contributed by atoms with Crippen molar-refractivity contribution in [2.24, 2.45) is 0 Å². The highest BCUT2D eigenvalue weighted by Gasteiger charge is 2.00. The summed E-state index contributed by atoms with van der Waals surface area (Å²) < 4.78 is 4.88. The van der Waals surface area contributed by atoms with Crippen LogP contribution in [-0.2, 0) is 16.0 Å². The maximum absolute atomic E-state index is 11.1. The van der Waals surface area contributed by atoms with E-state index in [0.717, 1.165) is 38.8 Å². The molecule has 1 aromatic heterocycles. The van der Waals surface area contributed by atoms with Crippen molar-refractivity contribution in [3.8, 4) is 0 Å². The van der Waals surface area contributed by atoms with Gasteiger partial charge in [0, 0.05) is 18.8 Å². The molecule has 106 valence electrons. The fourth-order valence-electron chi connectivity index (χ4n) is 1.84. The first-order valence-corrected chi connectivity index (χ1v) is 7.08. The topological polar surface area (TPSA) is 51.2 Å². The SMILES string of the molecule is CCOC(=O)CCCCCNCCc1ccncc1. The molecule has 0 saturated carbocycles. The van der Waals surface area contributed by atoms with Crippen LogP contribution in [0, 0.1) is 0 Å². The van der Waals surface area contributed by atoms with E-state index in [0.29, 0.717) is 13.0 Å². The molecule has 0 saturated heterocycles. The van der Waals surface area contributed by atoms with E-state index in [1.165, 1.54) is 5.56 Å². The number of pyridine rings is 1. The molecule has 0 aromatic carbocycles. The van der Waals surface area contributed by atoms with Crippen LogP contribution in [0.3, 0.4) is 0 Å². The normalized spacial score (nSPS) is 10.4. The minimum atomic E-state index is -0.0758. The number of ether oxygens (including phenoxy) is 1. The van der Waals surface area contributed by atoms with Crippen molar-refractivity contribution < 1.29 is 9.53 Å². The Balaban J connectivity index is 1.88. The zero-order chi connectivity index (χ0) is 13.8. The summed E-state index contributed by atoms with van der Waals surface area (Å²) in [6.45, 7) is 4.32. The summed E-state index contributed by atoms with van der Waals surface area (Å²) >= 11 is 0. The summed E-state index contributed by atoms with van der Waals surface area (Å²) in [6, 6.07) is 4.09. The van der Waals surface area contributed by atoms with Crippen LogP contribution < -0.4 is 5.32 Å². The average Bonchev–Trinajstić information content (AvgIpc) is 2.43. The van der Waals surface area contributed by atoms with Crippen LogP contribution in [-0.4, -0.2) is 30.6 Å². The Labute approximate surface area is 115 Å². The van der Waals surface area contributed by atoms with Crippen LogP contribution in [0.15, 0.2) is 24.5 Å². The van der Waals surface area contributed by atoms with Gasteiger partial charge in [0.2, 0.25) is 0 Å². The highest BCUT2D eigenvalue weighted by molar-refractivity contribution is 5.69. The molecule has 1 rings (SSSR count). The first-order chi connectivity index (χ1) is 9.33. The van der Waals surface area contributed by atoms with Gasteiger partial charge < -0.3 is 10.1 Å². The van der Waals surface area contributed by atoms with Gasteiger partial charge in [-0.15, -0.1) is 0 Å². The Kier molecular flexibility index (Phi) is 8.64. The number of esters is 1. The van der Waals surface area contributed by atoms with Crippen molar-refractivity contribution in [1.82, 2.24) is 10.3 Å². The van der Waals surface area contributed by atoms with Crippen LogP contribution in [0.4, 0.5) is 0 Å². The fourth-order valence-corrected chi connectivity index (χ4v) is 1.84. The Morgan fingerprint density at radius 1 is 1.21 bits per heavy atom. The maximum Gasteiger partial charge on any atom is 0.305 e. The van der Waals surface area contributed by atoms with E-state index in [1.807, 2.05) is 31.5 Å². The Bertz CT molecular complexity index is 341. The summed E-state index contributed by atoms with van der Waals surface area (Å²) in [5.74, 6) is -0.0758. The summed E-state index contributed by atoms with van der Waals surface area (Å²) in [4.78, 5) is 15.1. The van der Waals surface area contributed by atoms with Crippen LogP contribution in [0.1, 0.15) is 38.2 Å². The Morgan fingerprint density at radius 2 is 2.00 bits per heavy atom. The molecule has 4 heteroatoms. The number of aromatic nitrogens is 1. The molecule has 0 aliphatic rings. The van der Waals surface area contributed by atoms with Crippen LogP contribution in [0.25, 0.3) is 0 Å². The third kappa shape index (κ3) is 8.32. The fraction of sp³-hybridized carbons (Fsp3) is 0.600. The van der Waals surface area contributed by atoms with Crippen molar-refractivity contribution in [1.29, 1.82) is 0 Å². The standard InChI is InChI=1S/C15H24N2O2/c1-2-19-15(18)6-4-3-5-10-16-11-7-14-8-12-17-13-9-14/h8-9,12-13,16H,2-7,10-11H2,1H3. The lowest BCUT2D eigenvalue weighted by atomic mass is 10.2. The third-order valence-corrected chi connectivity index (χ3v) is 2.88. The molecule has 19 heavy (non-hydrogen) atoms. The second-order valence-corrected chi connectivity index (χ2v) is 4.47. The molecule has 1 heterocycles. The minimum Gasteiger partial charge on any atom is -0.466 e. The van der Waals surface area contributed by atoms with Crippen molar-refractivity contribution >= 4 is 5.97 Å². The summed E-state index contributed by atoms with van der Waals surface area (Å²) in [5, 5.41) is 3.41. The highest BCUT2D eigenvalue weighted by atomic mass is 16.5.